The van der Waals surface area contributed by atoms with Crippen LogP contribution in [0.4, 0.5) is 0 Å². The van der Waals surface area contributed by atoms with Gasteiger partial charge >= 0.3 is 0 Å². The van der Waals surface area contributed by atoms with Crippen molar-refractivity contribution in [1.29, 1.82) is 0 Å². The maximum atomic E-state index is 13.7. The molecule has 0 saturated carbocycles. The van der Waals surface area contributed by atoms with Crippen molar-refractivity contribution in [3.63, 3.8) is 0 Å². The normalized spacial score (nSPS) is 11.7. The average Bonchev–Trinajstić information content (AvgIpc) is 2.85. The van der Waals surface area contributed by atoms with E-state index < -0.39 is 6.04 Å². The van der Waals surface area contributed by atoms with Crippen LogP contribution in [0.1, 0.15) is 46.7 Å². The fraction of sp³-hybridized carbons (Fsp3) is 0.355. The second-order valence-corrected chi connectivity index (χ2v) is 10.4. The first-order chi connectivity index (χ1) is 17.4. The van der Waals surface area contributed by atoms with Gasteiger partial charge in [-0.1, -0.05) is 90.8 Å². The van der Waals surface area contributed by atoms with E-state index in [2.05, 4.69) is 50.4 Å². The Kier molecular flexibility index (Phi) is 10.6. The van der Waals surface area contributed by atoms with Crippen LogP contribution in [0, 0.1) is 20.8 Å². The minimum Gasteiger partial charge on any atom is -0.354 e. The summed E-state index contributed by atoms with van der Waals surface area (Å²) >= 11 is 1.61. The molecule has 3 rings (SSSR count). The number of nitrogens with zero attached hydrogens (tertiary/aromatic N) is 1. The third-order valence-electron chi connectivity index (χ3n) is 6.20. The monoisotopic (exact) mass is 502 g/mol. The van der Waals surface area contributed by atoms with Crippen LogP contribution in [0.5, 0.6) is 0 Å². The number of rotatable bonds is 12. The topological polar surface area (TPSA) is 49.4 Å². The van der Waals surface area contributed by atoms with Gasteiger partial charge in [-0.05, 0) is 49.4 Å². The zero-order valence-corrected chi connectivity index (χ0v) is 22.7. The molecule has 0 aliphatic rings. The summed E-state index contributed by atoms with van der Waals surface area (Å²) in [6, 6.07) is 24.0. The number of hydrogen-bond acceptors (Lipinski definition) is 3. The Hall–Kier alpha value is -3.05. The molecule has 3 aromatic rings. The Balaban J connectivity index is 1.84. The highest BCUT2D eigenvalue weighted by molar-refractivity contribution is 7.99. The maximum Gasteiger partial charge on any atom is 0.243 e. The summed E-state index contributed by atoms with van der Waals surface area (Å²) in [5.74, 6) is 0.977. The van der Waals surface area contributed by atoms with Crippen LogP contribution in [-0.2, 0) is 28.3 Å². The quantitative estimate of drug-likeness (QED) is 0.330. The fourth-order valence-electron chi connectivity index (χ4n) is 4.38. The Morgan fingerprint density at radius 3 is 2.22 bits per heavy atom. The molecule has 4 nitrogen and oxygen atoms in total. The van der Waals surface area contributed by atoms with E-state index in [-0.39, 0.29) is 11.8 Å². The predicted molar refractivity (Wildman–Crippen MR) is 151 cm³/mol. The zero-order chi connectivity index (χ0) is 25.9. The van der Waals surface area contributed by atoms with E-state index in [1.165, 1.54) is 16.7 Å². The smallest absolute Gasteiger partial charge is 0.243 e. The number of benzene rings is 3. The van der Waals surface area contributed by atoms with Crippen molar-refractivity contribution in [3.05, 3.63) is 106 Å². The van der Waals surface area contributed by atoms with Gasteiger partial charge in [0.25, 0.3) is 0 Å². The molecular weight excluding hydrogens is 464 g/mol. The molecule has 1 unspecified atom stereocenters. The number of thioether (sulfide) groups is 1. The van der Waals surface area contributed by atoms with Gasteiger partial charge in [0.2, 0.25) is 11.8 Å². The van der Waals surface area contributed by atoms with Gasteiger partial charge in [0, 0.05) is 25.3 Å². The minimum absolute atomic E-state index is 0.0137. The van der Waals surface area contributed by atoms with Gasteiger partial charge in [0.05, 0.1) is 5.75 Å². The molecule has 0 heterocycles. The lowest BCUT2D eigenvalue weighted by Crippen LogP contribution is -2.51. The van der Waals surface area contributed by atoms with Crippen LogP contribution in [0.15, 0.2) is 72.8 Å². The molecular formula is C31H38N2O2S. The SMILES string of the molecule is CCCNC(=O)C(Cc1ccccc1)N(Cc1ccccc1C)C(=O)CSCc1cc(C)cc(C)c1. The highest BCUT2D eigenvalue weighted by atomic mass is 32.2. The summed E-state index contributed by atoms with van der Waals surface area (Å²) in [5, 5.41) is 3.04. The first-order valence-corrected chi connectivity index (χ1v) is 13.8. The summed E-state index contributed by atoms with van der Waals surface area (Å²) in [7, 11) is 0. The first-order valence-electron chi connectivity index (χ1n) is 12.7. The van der Waals surface area contributed by atoms with E-state index in [1.54, 1.807) is 16.7 Å². The number of carbonyl (C=O) groups excluding carboxylic acids is 2. The largest absolute Gasteiger partial charge is 0.354 e. The van der Waals surface area contributed by atoms with E-state index in [9.17, 15) is 9.59 Å². The molecule has 0 aromatic heterocycles. The second-order valence-electron chi connectivity index (χ2n) is 9.43. The molecule has 0 radical (unpaired) electrons. The average molecular weight is 503 g/mol. The van der Waals surface area contributed by atoms with Crippen LogP contribution < -0.4 is 5.32 Å². The fourth-order valence-corrected chi connectivity index (χ4v) is 5.23. The van der Waals surface area contributed by atoms with E-state index >= 15 is 0 Å². The lowest BCUT2D eigenvalue weighted by atomic mass is 10.0. The molecule has 36 heavy (non-hydrogen) atoms. The summed E-state index contributed by atoms with van der Waals surface area (Å²) < 4.78 is 0. The van der Waals surface area contributed by atoms with E-state index in [0.29, 0.717) is 25.3 Å². The van der Waals surface area contributed by atoms with Gasteiger partial charge in [-0.2, -0.15) is 0 Å². The lowest BCUT2D eigenvalue weighted by molar-refractivity contribution is -0.139. The van der Waals surface area contributed by atoms with Crippen LogP contribution >= 0.6 is 11.8 Å². The lowest BCUT2D eigenvalue weighted by Gasteiger charge is -2.32. The highest BCUT2D eigenvalue weighted by Crippen LogP contribution is 2.21. The molecule has 0 aliphatic heterocycles. The zero-order valence-electron chi connectivity index (χ0n) is 21.9. The van der Waals surface area contributed by atoms with Crippen molar-refractivity contribution in [2.24, 2.45) is 0 Å². The first kappa shape index (κ1) is 27.5. The molecule has 0 fully saturated rings. The molecule has 1 N–H and O–H groups in total. The Morgan fingerprint density at radius 2 is 1.56 bits per heavy atom. The minimum atomic E-state index is -0.576. The van der Waals surface area contributed by atoms with Crippen molar-refractivity contribution in [1.82, 2.24) is 10.2 Å². The Labute approximate surface area is 220 Å². The Bertz CT molecular complexity index is 1130. The van der Waals surface area contributed by atoms with Crippen LogP contribution in [0.25, 0.3) is 0 Å². The molecule has 5 heteroatoms. The van der Waals surface area contributed by atoms with Gasteiger partial charge in [-0.15, -0.1) is 11.8 Å². The molecule has 1 atom stereocenters. The van der Waals surface area contributed by atoms with Gasteiger partial charge in [-0.25, -0.2) is 0 Å². The van der Waals surface area contributed by atoms with Crippen molar-refractivity contribution < 1.29 is 9.59 Å². The molecule has 190 valence electrons. The van der Waals surface area contributed by atoms with E-state index in [4.69, 9.17) is 0 Å². The van der Waals surface area contributed by atoms with Crippen LogP contribution in [0.2, 0.25) is 0 Å². The van der Waals surface area contributed by atoms with Gasteiger partial charge in [0.15, 0.2) is 0 Å². The van der Waals surface area contributed by atoms with Crippen molar-refractivity contribution in [3.8, 4) is 0 Å². The van der Waals surface area contributed by atoms with Crippen LogP contribution in [-0.4, -0.2) is 35.1 Å². The highest BCUT2D eigenvalue weighted by Gasteiger charge is 2.30. The second kappa shape index (κ2) is 13.9. The molecule has 0 aliphatic carbocycles. The number of amides is 2. The van der Waals surface area contributed by atoms with Gasteiger partial charge in [-0.3, -0.25) is 9.59 Å². The molecule has 0 bridgehead atoms. The number of aryl methyl sites for hydroxylation is 3. The third-order valence-corrected chi connectivity index (χ3v) is 7.19. The standard InChI is InChI=1S/C31H38N2O2S/c1-5-15-32-31(35)29(19-26-12-7-6-8-13-26)33(20-28-14-10-9-11-25(28)4)30(34)22-36-21-27-17-23(2)16-24(3)18-27/h6-14,16-18,29H,5,15,19-22H2,1-4H3,(H,32,35). The molecule has 2 amide bonds. The summed E-state index contributed by atoms with van der Waals surface area (Å²) in [4.78, 5) is 28.9. The van der Waals surface area contributed by atoms with Gasteiger partial charge < -0.3 is 10.2 Å². The van der Waals surface area contributed by atoms with Crippen molar-refractivity contribution in [2.75, 3.05) is 12.3 Å². The number of carbonyl (C=O) groups is 2. The van der Waals surface area contributed by atoms with Crippen LogP contribution in [0.3, 0.4) is 0 Å². The predicted octanol–water partition coefficient (Wildman–Crippen LogP) is 6.01. The molecule has 0 spiro atoms. The number of nitrogens with one attached hydrogen (secondary N) is 1. The maximum absolute atomic E-state index is 13.7. The summed E-state index contributed by atoms with van der Waals surface area (Å²) in [5.41, 5.74) is 6.90. The van der Waals surface area contributed by atoms with E-state index in [0.717, 1.165) is 28.9 Å². The third kappa shape index (κ3) is 8.27. The van der Waals surface area contributed by atoms with Crippen molar-refractivity contribution >= 4 is 23.6 Å². The Morgan fingerprint density at radius 1 is 0.889 bits per heavy atom. The van der Waals surface area contributed by atoms with Gasteiger partial charge in [0.1, 0.15) is 6.04 Å². The summed E-state index contributed by atoms with van der Waals surface area (Å²) in [6.07, 6.45) is 1.33. The molecule has 3 aromatic carbocycles. The summed E-state index contributed by atoms with van der Waals surface area (Å²) in [6.45, 7) is 9.28. The van der Waals surface area contributed by atoms with E-state index in [1.807, 2.05) is 55.5 Å². The number of hydrogen-bond donors (Lipinski definition) is 1. The molecule has 0 saturated heterocycles. The van der Waals surface area contributed by atoms with Crippen molar-refractivity contribution in [2.45, 2.75) is 58.9 Å².